The molecule has 6 nitrogen and oxygen atoms in total. The number of benzene rings is 2. The topological polar surface area (TPSA) is 82.0 Å². The molecule has 0 spiro atoms. The molecular formula is C17H15N2NaO4. The fraction of sp³-hybridized carbons (Fsp3) is 0.118. The third-order valence-corrected chi connectivity index (χ3v) is 2.96. The standard InChI is InChI=1S/C17H16N2O4.Na/c1-19(17(22)23-12-13-8-4-2-5-9-13)18-15(16(20)21)14-10-6-3-7-11-14;/h2-11H,12H2,1H3,(H,20,21);/q;+1/p-1. The molecule has 0 aliphatic carbocycles. The zero-order valence-electron chi connectivity index (χ0n) is 13.5. The van der Waals surface area contributed by atoms with E-state index in [2.05, 4.69) is 5.10 Å². The number of hydrogen-bond donors (Lipinski definition) is 0. The molecule has 0 aliphatic heterocycles. The molecule has 0 heterocycles. The summed E-state index contributed by atoms with van der Waals surface area (Å²) < 4.78 is 5.07. The molecule has 0 aliphatic rings. The second-order valence-corrected chi connectivity index (χ2v) is 4.67. The molecule has 7 heteroatoms. The van der Waals surface area contributed by atoms with Crippen LogP contribution in [0.3, 0.4) is 0 Å². The van der Waals surface area contributed by atoms with Crippen molar-refractivity contribution in [3.8, 4) is 0 Å². The number of aliphatic carboxylic acids is 1. The normalized spacial score (nSPS) is 10.5. The number of amides is 1. The second kappa shape index (κ2) is 9.87. The minimum absolute atomic E-state index is 0. The van der Waals surface area contributed by atoms with Gasteiger partial charge >= 0.3 is 35.7 Å². The van der Waals surface area contributed by atoms with Gasteiger partial charge in [-0.25, -0.2) is 9.80 Å². The van der Waals surface area contributed by atoms with E-state index in [-0.39, 0.29) is 41.9 Å². The summed E-state index contributed by atoms with van der Waals surface area (Å²) in [4.78, 5) is 23.1. The molecule has 0 aromatic heterocycles. The fourth-order valence-electron chi connectivity index (χ4n) is 1.82. The molecule has 2 rings (SSSR count). The number of hydrazone groups is 1. The van der Waals surface area contributed by atoms with Crippen molar-refractivity contribution in [2.24, 2.45) is 5.10 Å². The van der Waals surface area contributed by atoms with Crippen LogP contribution in [0.25, 0.3) is 0 Å². The van der Waals surface area contributed by atoms with E-state index < -0.39 is 12.1 Å². The van der Waals surface area contributed by atoms with Gasteiger partial charge in [-0.15, -0.1) is 0 Å². The third-order valence-electron chi connectivity index (χ3n) is 2.96. The van der Waals surface area contributed by atoms with E-state index in [1.54, 1.807) is 30.3 Å². The van der Waals surface area contributed by atoms with E-state index in [9.17, 15) is 14.7 Å². The summed E-state index contributed by atoms with van der Waals surface area (Å²) in [5, 5.41) is 15.8. The van der Waals surface area contributed by atoms with E-state index in [1.807, 2.05) is 30.3 Å². The summed E-state index contributed by atoms with van der Waals surface area (Å²) in [5.41, 5.74) is 0.821. The van der Waals surface area contributed by atoms with Crippen molar-refractivity contribution < 1.29 is 49.0 Å². The average molecular weight is 334 g/mol. The predicted octanol–water partition coefficient (Wildman–Crippen LogP) is -1.59. The first-order valence-electron chi connectivity index (χ1n) is 6.87. The predicted molar refractivity (Wildman–Crippen MR) is 82.4 cm³/mol. The molecule has 118 valence electrons. The Morgan fingerprint density at radius 3 is 2.12 bits per heavy atom. The Labute approximate surface area is 162 Å². The molecule has 24 heavy (non-hydrogen) atoms. The van der Waals surface area contributed by atoms with Gasteiger partial charge in [0.1, 0.15) is 12.3 Å². The van der Waals surface area contributed by atoms with Gasteiger partial charge in [0.15, 0.2) is 0 Å². The number of carbonyl (C=O) groups excluding carboxylic acids is 2. The Morgan fingerprint density at radius 2 is 1.58 bits per heavy atom. The smallest absolute Gasteiger partial charge is 0.543 e. The summed E-state index contributed by atoms with van der Waals surface area (Å²) in [6.07, 6.45) is -0.761. The maximum atomic E-state index is 11.9. The maximum absolute atomic E-state index is 11.9. The zero-order valence-corrected chi connectivity index (χ0v) is 15.5. The summed E-state index contributed by atoms with van der Waals surface area (Å²) in [5.74, 6) is -1.47. The molecular weight excluding hydrogens is 319 g/mol. The van der Waals surface area contributed by atoms with Gasteiger partial charge in [0, 0.05) is 12.6 Å². The molecule has 0 saturated heterocycles. The largest absolute Gasteiger partial charge is 1.00 e. The van der Waals surface area contributed by atoms with Crippen molar-refractivity contribution in [2.75, 3.05) is 7.05 Å². The average Bonchev–Trinajstić information content (AvgIpc) is 2.58. The van der Waals surface area contributed by atoms with Gasteiger partial charge < -0.3 is 14.6 Å². The van der Waals surface area contributed by atoms with Crippen molar-refractivity contribution in [1.29, 1.82) is 0 Å². The number of hydrogen-bond acceptors (Lipinski definition) is 5. The Hall–Kier alpha value is -2.15. The summed E-state index contributed by atoms with van der Waals surface area (Å²) in [6.45, 7) is 0.0749. The Morgan fingerprint density at radius 1 is 1.04 bits per heavy atom. The molecule has 2 aromatic carbocycles. The Kier molecular flexibility index (Phi) is 8.18. The number of carboxylic acid groups (broad SMARTS) is 1. The van der Waals surface area contributed by atoms with Crippen LogP contribution in [0.1, 0.15) is 11.1 Å². The van der Waals surface area contributed by atoms with Crippen LogP contribution in [-0.4, -0.2) is 29.8 Å². The zero-order chi connectivity index (χ0) is 16.7. The molecule has 0 N–H and O–H groups in total. The van der Waals surface area contributed by atoms with Crippen LogP contribution < -0.4 is 34.7 Å². The molecule has 0 radical (unpaired) electrons. The number of carbonyl (C=O) groups is 2. The van der Waals surface area contributed by atoms with Gasteiger partial charge in [-0.1, -0.05) is 60.7 Å². The van der Waals surface area contributed by atoms with Crippen LogP contribution in [0.15, 0.2) is 65.8 Å². The van der Waals surface area contributed by atoms with Crippen LogP contribution >= 0.6 is 0 Å². The van der Waals surface area contributed by atoms with E-state index in [4.69, 9.17) is 4.74 Å². The summed E-state index contributed by atoms with van der Waals surface area (Å²) in [6, 6.07) is 17.4. The van der Waals surface area contributed by atoms with Gasteiger partial charge in [0.2, 0.25) is 0 Å². The van der Waals surface area contributed by atoms with Gasteiger partial charge in [0.05, 0.1) is 5.97 Å². The SMILES string of the molecule is CN(N=C(C(=O)[O-])c1ccccc1)C(=O)OCc1ccccc1.[Na+]. The quantitative estimate of drug-likeness (QED) is 0.375. The van der Waals surface area contributed by atoms with Gasteiger partial charge in [0.25, 0.3) is 0 Å². The number of carboxylic acids is 1. The molecule has 0 saturated carbocycles. The Bertz CT molecular complexity index is 705. The van der Waals surface area contributed by atoms with Crippen molar-refractivity contribution in [3.63, 3.8) is 0 Å². The molecule has 1 amide bonds. The third kappa shape index (κ3) is 5.81. The molecule has 0 unspecified atom stereocenters. The van der Waals surface area contributed by atoms with Gasteiger partial charge in [-0.3, -0.25) is 0 Å². The van der Waals surface area contributed by atoms with E-state index >= 15 is 0 Å². The first-order chi connectivity index (χ1) is 11.1. The molecule has 0 bridgehead atoms. The van der Waals surface area contributed by atoms with E-state index in [0.29, 0.717) is 5.56 Å². The Balaban J connectivity index is 0.00000288. The molecule has 2 aromatic rings. The minimum atomic E-state index is -1.47. The first kappa shape index (κ1) is 19.9. The minimum Gasteiger partial charge on any atom is -0.543 e. The van der Waals surface area contributed by atoms with Gasteiger partial charge in [-0.05, 0) is 5.56 Å². The van der Waals surface area contributed by atoms with E-state index in [1.165, 1.54) is 7.05 Å². The summed E-state index contributed by atoms with van der Waals surface area (Å²) >= 11 is 0. The monoisotopic (exact) mass is 334 g/mol. The van der Waals surface area contributed by atoms with Crippen LogP contribution in [0.2, 0.25) is 0 Å². The maximum Gasteiger partial charge on any atom is 1.00 e. The fourth-order valence-corrected chi connectivity index (χ4v) is 1.82. The molecule has 0 fully saturated rings. The number of ether oxygens (including phenoxy) is 1. The van der Waals surface area contributed by atoms with Crippen molar-refractivity contribution in [2.45, 2.75) is 6.61 Å². The van der Waals surface area contributed by atoms with Crippen molar-refractivity contribution in [3.05, 3.63) is 71.8 Å². The molecule has 0 atom stereocenters. The van der Waals surface area contributed by atoms with Crippen molar-refractivity contribution >= 4 is 17.8 Å². The van der Waals surface area contributed by atoms with Crippen LogP contribution in [0, 0.1) is 0 Å². The van der Waals surface area contributed by atoms with Crippen LogP contribution in [0.5, 0.6) is 0 Å². The summed E-state index contributed by atoms with van der Waals surface area (Å²) in [7, 11) is 1.32. The van der Waals surface area contributed by atoms with Gasteiger partial charge in [-0.2, -0.15) is 5.10 Å². The number of nitrogens with zero attached hydrogens (tertiary/aromatic N) is 2. The van der Waals surface area contributed by atoms with Crippen LogP contribution in [-0.2, 0) is 16.1 Å². The van der Waals surface area contributed by atoms with Crippen LogP contribution in [0.4, 0.5) is 4.79 Å². The van der Waals surface area contributed by atoms with Crippen molar-refractivity contribution in [1.82, 2.24) is 5.01 Å². The second-order valence-electron chi connectivity index (χ2n) is 4.67. The van der Waals surface area contributed by atoms with E-state index in [0.717, 1.165) is 10.6 Å². The first-order valence-corrected chi connectivity index (χ1v) is 6.87. The number of rotatable bonds is 5.